The van der Waals surface area contributed by atoms with E-state index in [9.17, 15) is 24.6 Å². The Bertz CT molecular complexity index is 518. The molecule has 124 valence electrons. The van der Waals surface area contributed by atoms with Crippen LogP contribution in [0.2, 0.25) is 0 Å². The van der Waals surface area contributed by atoms with Gasteiger partial charge < -0.3 is 39.1 Å². The number of aliphatic hydroxyl groups is 2. The molecule has 0 aliphatic carbocycles. The number of rotatable bonds is 7. The maximum Gasteiger partial charge on any atom is 1.00 e. The molecule has 1 aromatic rings. The van der Waals surface area contributed by atoms with Crippen molar-refractivity contribution in [1.82, 2.24) is 5.32 Å². The first-order valence-corrected chi connectivity index (χ1v) is 8.26. The minimum absolute atomic E-state index is 0. The molecule has 3 N–H and O–H groups in total. The van der Waals surface area contributed by atoms with Crippen LogP contribution in [0.1, 0.15) is 5.56 Å². The Kier molecular flexibility index (Phi) is 12.4. The van der Waals surface area contributed by atoms with E-state index in [1.807, 2.05) is 30.3 Å². The van der Waals surface area contributed by atoms with Crippen molar-refractivity contribution in [3.05, 3.63) is 35.9 Å². The van der Waals surface area contributed by atoms with Gasteiger partial charge in [0.2, 0.25) is 0 Å². The van der Waals surface area contributed by atoms with Gasteiger partial charge in [-0.05, 0) is 5.56 Å². The second-order valence-corrected chi connectivity index (χ2v) is 6.21. The van der Waals surface area contributed by atoms with Crippen molar-refractivity contribution in [2.45, 2.75) is 31.0 Å². The van der Waals surface area contributed by atoms with Gasteiger partial charge in [0.25, 0.3) is 0 Å². The fourth-order valence-corrected chi connectivity index (χ4v) is 2.58. The molecule has 1 aromatic carbocycles. The van der Waals surface area contributed by atoms with Crippen LogP contribution in [0.25, 0.3) is 0 Å². The Morgan fingerprint density at radius 3 is 2.29 bits per heavy atom. The zero-order valence-corrected chi connectivity index (χ0v) is 18.6. The number of aliphatic hydroxyl groups excluding tert-OH is 2. The standard InChI is InChI=1S/C13H20NO7P.2Na/c15-12-10(7-14-6-9-4-2-1-3-5-9)21-11(13(12)16)8-20-22(17,18)19;;/h1-5,10-16H,6-8H2,(H2,17,18,19);;/q;2*+1/p-2/t10-,11-,12+,13-;;/m1../s1. The van der Waals surface area contributed by atoms with Crippen LogP contribution in [0.4, 0.5) is 0 Å². The number of nitrogens with one attached hydrogen (secondary N) is 1. The van der Waals surface area contributed by atoms with E-state index in [4.69, 9.17) is 4.74 Å². The first-order chi connectivity index (χ1) is 10.4. The van der Waals surface area contributed by atoms with E-state index in [1.165, 1.54) is 0 Å². The number of hydrogen-bond acceptors (Lipinski definition) is 8. The predicted octanol–water partition coefficient (Wildman–Crippen LogP) is -7.88. The fraction of sp³-hybridized carbons (Fsp3) is 0.538. The summed E-state index contributed by atoms with van der Waals surface area (Å²) >= 11 is 0. The van der Waals surface area contributed by atoms with Crippen LogP contribution in [0.5, 0.6) is 0 Å². The summed E-state index contributed by atoms with van der Waals surface area (Å²) in [4.78, 5) is 20.8. The summed E-state index contributed by atoms with van der Waals surface area (Å²) < 4.78 is 19.8. The smallest absolute Gasteiger partial charge is 0.790 e. The predicted molar refractivity (Wildman–Crippen MR) is 72.4 cm³/mol. The number of ether oxygens (including phenoxy) is 1. The van der Waals surface area contributed by atoms with Gasteiger partial charge in [0.1, 0.15) is 18.3 Å². The normalized spacial score (nSPS) is 26.5. The van der Waals surface area contributed by atoms with Crippen LogP contribution in [0.3, 0.4) is 0 Å². The van der Waals surface area contributed by atoms with Crippen molar-refractivity contribution in [3.63, 3.8) is 0 Å². The molecule has 0 aromatic heterocycles. The van der Waals surface area contributed by atoms with Gasteiger partial charge in [-0.15, -0.1) is 0 Å². The molecule has 2 rings (SSSR count). The summed E-state index contributed by atoms with van der Waals surface area (Å²) in [6, 6.07) is 9.58. The quantitative estimate of drug-likeness (QED) is 0.315. The van der Waals surface area contributed by atoms with Crippen LogP contribution in [0.15, 0.2) is 30.3 Å². The van der Waals surface area contributed by atoms with Crippen molar-refractivity contribution < 1.29 is 92.9 Å². The van der Waals surface area contributed by atoms with E-state index >= 15 is 0 Å². The second kappa shape index (κ2) is 11.8. The Morgan fingerprint density at radius 2 is 1.71 bits per heavy atom. The SMILES string of the molecule is O=P([O-])([O-])OC[C@H]1O[C@H](CNCc2ccccc2)[C@H](O)[C@@H]1O.[Na+].[Na+]. The Balaban J connectivity index is 0.00000264. The minimum Gasteiger partial charge on any atom is -0.790 e. The van der Waals surface area contributed by atoms with E-state index in [-0.39, 0.29) is 65.7 Å². The van der Waals surface area contributed by atoms with Crippen molar-refractivity contribution >= 4 is 7.82 Å². The van der Waals surface area contributed by atoms with E-state index in [0.29, 0.717) is 6.54 Å². The zero-order chi connectivity index (χ0) is 16.2. The number of benzene rings is 1. The molecule has 0 spiro atoms. The largest absolute Gasteiger partial charge is 1.00 e. The molecule has 24 heavy (non-hydrogen) atoms. The molecule has 1 fully saturated rings. The van der Waals surface area contributed by atoms with Gasteiger partial charge in [-0.3, -0.25) is 0 Å². The third-order valence-corrected chi connectivity index (χ3v) is 3.84. The third-order valence-electron chi connectivity index (χ3n) is 3.38. The van der Waals surface area contributed by atoms with Gasteiger partial charge in [-0.2, -0.15) is 0 Å². The first kappa shape index (κ1) is 25.2. The molecule has 0 radical (unpaired) electrons. The monoisotopic (exact) mass is 377 g/mol. The van der Waals surface area contributed by atoms with Crippen LogP contribution < -0.4 is 74.2 Å². The molecule has 0 unspecified atom stereocenters. The molecule has 8 nitrogen and oxygen atoms in total. The second-order valence-electron chi connectivity index (χ2n) is 5.05. The number of hydrogen-bond donors (Lipinski definition) is 3. The molecule has 11 heteroatoms. The Labute approximate surface area is 184 Å². The van der Waals surface area contributed by atoms with Crippen LogP contribution in [0, 0.1) is 0 Å². The summed E-state index contributed by atoms with van der Waals surface area (Å²) in [7, 11) is -5.13. The van der Waals surface area contributed by atoms with Gasteiger partial charge in [0, 0.05) is 13.1 Å². The third kappa shape index (κ3) is 8.24. The molecular weight excluding hydrogens is 359 g/mol. The molecule has 1 aliphatic heterocycles. The molecule has 0 bridgehead atoms. The van der Waals surface area contributed by atoms with Crippen molar-refractivity contribution in [1.29, 1.82) is 0 Å². The molecule has 1 heterocycles. The first-order valence-electron chi connectivity index (χ1n) is 6.79. The molecule has 0 amide bonds. The van der Waals surface area contributed by atoms with Crippen LogP contribution >= 0.6 is 7.82 Å². The summed E-state index contributed by atoms with van der Waals surface area (Å²) in [6.45, 7) is 0.203. The Hall–Kier alpha value is 1.17. The summed E-state index contributed by atoms with van der Waals surface area (Å²) in [5.74, 6) is 0. The fourth-order valence-electron chi connectivity index (χ4n) is 2.25. The van der Waals surface area contributed by atoms with Gasteiger partial charge in [-0.25, -0.2) is 0 Å². The summed E-state index contributed by atoms with van der Waals surface area (Å²) in [6.07, 6.45) is -4.27. The van der Waals surface area contributed by atoms with Crippen molar-refractivity contribution in [2.24, 2.45) is 0 Å². The van der Waals surface area contributed by atoms with E-state index in [2.05, 4.69) is 9.84 Å². The number of phosphoric acid groups is 1. The maximum absolute atomic E-state index is 10.4. The molecule has 0 saturated carbocycles. The molecule has 1 aliphatic rings. The average Bonchev–Trinajstić information content (AvgIpc) is 2.74. The number of phosphoric ester groups is 1. The average molecular weight is 377 g/mol. The maximum atomic E-state index is 10.4. The summed E-state index contributed by atoms with van der Waals surface area (Å²) in [5, 5.41) is 22.7. The van der Waals surface area contributed by atoms with E-state index in [1.54, 1.807) is 0 Å². The zero-order valence-electron chi connectivity index (χ0n) is 13.7. The molecule has 4 atom stereocenters. The van der Waals surface area contributed by atoms with Gasteiger partial charge in [0.05, 0.1) is 20.5 Å². The van der Waals surface area contributed by atoms with E-state index < -0.39 is 38.8 Å². The van der Waals surface area contributed by atoms with Crippen molar-refractivity contribution in [3.8, 4) is 0 Å². The molecule has 1 saturated heterocycles. The minimum atomic E-state index is -5.13. The Morgan fingerprint density at radius 1 is 1.12 bits per heavy atom. The van der Waals surface area contributed by atoms with Crippen LogP contribution in [-0.2, 0) is 20.4 Å². The summed E-state index contributed by atoms with van der Waals surface area (Å²) in [5.41, 5.74) is 1.05. The van der Waals surface area contributed by atoms with E-state index in [0.717, 1.165) is 5.56 Å². The van der Waals surface area contributed by atoms with Crippen LogP contribution in [-0.4, -0.2) is 47.8 Å². The topological polar surface area (TPSA) is 134 Å². The van der Waals surface area contributed by atoms with Crippen molar-refractivity contribution in [2.75, 3.05) is 13.2 Å². The van der Waals surface area contributed by atoms with Gasteiger partial charge in [-0.1, -0.05) is 30.3 Å². The van der Waals surface area contributed by atoms with Gasteiger partial charge >= 0.3 is 59.1 Å². The molecular formula is C13H18NNa2O7P. The van der Waals surface area contributed by atoms with Gasteiger partial charge in [0.15, 0.2) is 0 Å².